The van der Waals surface area contributed by atoms with E-state index in [1.807, 2.05) is 12.1 Å². The van der Waals surface area contributed by atoms with Crippen molar-refractivity contribution in [2.75, 3.05) is 6.54 Å². The molecule has 0 radical (unpaired) electrons. The molecule has 2 atom stereocenters. The molecule has 1 heterocycles. The number of halogens is 2. The van der Waals surface area contributed by atoms with Gasteiger partial charge in [0.25, 0.3) is 6.43 Å². The molecule has 2 unspecified atom stereocenters. The Morgan fingerprint density at radius 3 is 2.29 bits per heavy atom. The molecule has 0 saturated carbocycles. The summed E-state index contributed by atoms with van der Waals surface area (Å²) < 4.78 is 25.4. The molecule has 2 nitrogen and oxygen atoms in total. The van der Waals surface area contributed by atoms with Gasteiger partial charge in [-0.3, -0.25) is 4.90 Å². The SMILES string of the molecule is CC(C)(C)N1CCCCC(N)C1c1ccc(C(F)F)cc1. The van der Waals surface area contributed by atoms with Gasteiger partial charge in [-0.1, -0.05) is 30.7 Å². The molecule has 118 valence electrons. The fourth-order valence-corrected chi connectivity index (χ4v) is 3.21. The number of nitrogens with two attached hydrogens (primary N) is 1. The fourth-order valence-electron chi connectivity index (χ4n) is 3.21. The maximum atomic E-state index is 12.7. The summed E-state index contributed by atoms with van der Waals surface area (Å²) in [5, 5.41) is 0. The van der Waals surface area contributed by atoms with E-state index in [-0.39, 0.29) is 23.2 Å². The lowest BCUT2D eigenvalue weighted by Crippen LogP contribution is -2.49. The van der Waals surface area contributed by atoms with Crippen LogP contribution in [-0.2, 0) is 0 Å². The number of benzene rings is 1. The van der Waals surface area contributed by atoms with Crippen molar-refractivity contribution in [1.82, 2.24) is 4.90 Å². The highest BCUT2D eigenvalue weighted by atomic mass is 19.3. The highest BCUT2D eigenvalue weighted by Gasteiger charge is 2.35. The number of hydrogen-bond acceptors (Lipinski definition) is 2. The van der Waals surface area contributed by atoms with Gasteiger partial charge in [-0.2, -0.15) is 0 Å². The summed E-state index contributed by atoms with van der Waals surface area (Å²) in [6, 6.07) is 6.83. The van der Waals surface area contributed by atoms with Crippen molar-refractivity contribution in [3.8, 4) is 0 Å². The average molecular weight is 296 g/mol. The number of nitrogens with zero attached hydrogens (tertiary/aromatic N) is 1. The van der Waals surface area contributed by atoms with Gasteiger partial charge in [0.2, 0.25) is 0 Å². The van der Waals surface area contributed by atoms with Crippen molar-refractivity contribution in [2.45, 2.75) is 64.1 Å². The molecule has 1 aromatic carbocycles. The van der Waals surface area contributed by atoms with E-state index in [1.165, 1.54) is 12.1 Å². The molecule has 0 aliphatic carbocycles. The lowest BCUT2D eigenvalue weighted by atomic mass is 9.92. The zero-order valence-corrected chi connectivity index (χ0v) is 13.2. The van der Waals surface area contributed by atoms with E-state index in [2.05, 4.69) is 25.7 Å². The van der Waals surface area contributed by atoms with Gasteiger partial charge in [-0.05, 0) is 45.7 Å². The van der Waals surface area contributed by atoms with E-state index in [4.69, 9.17) is 5.73 Å². The third-order valence-electron chi connectivity index (χ3n) is 4.32. The largest absolute Gasteiger partial charge is 0.326 e. The van der Waals surface area contributed by atoms with E-state index in [0.29, 0.717) is 0 Å². The summed E-state index contributed by atoms with van der Waals surface area (Å²) in [6.07, 6.45) is 0.824. The molecule has 1 fully saturated rings. The van der Waals surface area contributed by atoms with E-state index in [0.717, 1.165) is 31.4 Å². The van der Waals surface area contributed by atoms with Crippen molar-refractivity contribution < 1.29 is 8.78 Å². The molecule has 0 aromatic heterocycles. The normalized spacial score (nSPS) is 25.1. The maximum absolute atomic E-state index is 12.7. The van der Waals surface area contributed by atoms with Gasteiger partial charge in [0.15, 0.2) is 0 Å². The molecule has 1 saturated heterocycles. The topological polar surface area (TPSA) is 29.3 Å². The highest BCUT2D eigenvalue weighted by Crippen LogP contribution is 2.35. The van der Waals surface area contributed by atoms with Gasteiger partial charge in [-0.15, -0.1) is 0 Å². The van der Waals surface area contributed by atoms with Crippen LogP contribution in [0.4, 0.5) is 8.78 Å². The second-order valence-corrected chi connectivity index (χ2v) is 6.94. The molecule has 1 aliphatic rings. The summed E-state index contributed by atoms with van der Waals surface area (Å²) in [4.78, 5) is 2.42. The summed E-state index contributed by atoms with van der Waals surface area (Å²) in [6.45, 7) is 7.56. The van der Waals surface area contributed by atoms with Gasteiger partial charge in [0.1, 0.15) is 0 Å². The molecule has 0 spiro atoms. The van der Waals surface area contributed by atoms with Crippen molar-refractivity contribution in [3.63, 3.8) is 0 Å². The second-order valence-electron chi connectivity index (χ2n) is 6.94. The van der Waals surface area contributed by atoms with Crippen LogP contribution in [0.1, 0.15) is 63.6 Å². The van der Waals surface area contributed by atoms with E-state index >= 15 is 0 Å². The summed E-state index contributed by atoms with van der Waals surface area (Å²) >= 11 is 0. The molecule has 1 aliphatic heterocycles. The Morgan fingerprint density at radius 2 is 1.76 bits per heavy atom. The van der Waals surface area contributed by atoms with Crippen LogP contribution in [0.15, 0.2) is 24.3 Å². The number of alkyl halides is 2. The third-order valence-corrected chi connectivity index (χ3v) is 4.32. The lowest BCUT2D eigenvalue weighted by Gasteiger charge is -2.43. The van der Waals surface area contributed by atoms with Crippen LogP contribution in [0.2, 0.25) is 0 Å². The first-order valence-corrected chi connectivity index (χ1v) is 7.71. The van der Waals surface area contributed by atoms with Crippen molar-refractivity contribution in [2.24, 2.45) is 5.73 Å². The first kappa shape index (κ1) is 16.4. The monoisotopic (exact) mass is 296 g/mol. The summed E-state index contributed by atoms with van der Waals surface area (Å²) in [5.74, 6) is 0. The number of hydrogen-bond donors (Lipinski definition) is 1. The Morgan fingerprint density at radius 1 is 1.14 bits per heavy atom. The summed E-state index contributed by atoms with van der Waals surface area (Å²) in [7, 11) is 0. The Hall–Kier alpha value is -1.00. The van der Waals surface area contributed by atoms with E-state index in [1.54, 1.807) is 0 Å². The Balaban J connectivity index is 2.34. The first-order chi connectivity index (χ1) is 9.80. The minimum atomic E-state index is -2.42. The number of likely N-dealkylation sites (tertiary alicyclic amines) is 1. The van der Waals surface area contributed by atoms with Crippen LogP contribution in [-0.4, -0.2) is 23.0 Å². The van der Waals surface area contributed by atoms with Gasteiger partial charge in [-0.25, -0.2) is 8.78 Å². The minimum absolute atomic E-state index is 0.00795. The zero-order valence-electron chi connectivity index (χ0n) is 13.2. The molecule has 0 amide bonds. The van der Waals surface area contributed by atoms with Gasteiger partial charge >= 0.3 is 0 Å². The van der Waals surface area contributed by atoms with Crippen LogP contribution in [0.25, 0.3) is 0 Å². The van der Waals surface area contributed by atoms with Crippen LogP contribution < -0.4 is 5.73 Å². The molecule has 2 N–H and O–H groups in total. The quantitative estimate of drug-likeness (QED) is 0.882. The maximum Gasteiger partial charge on any atom is 0.263 e. The van der Waals surface area contributed by atoms with Crippen LogP contribution in [0, 0.1) is 0 Å². The number of rotatable bonds is 2. The van der Waals surface area contributed by atoms with Crippen LogP contribution >= 0.6 is 0 Å². The molecule has 4 heteroatoms. The molecule has 1 aromatic rings. The van der Waals surface area contributed by atoms with E-state index < -0.39 is 6.43 Å². The molecule has 21 heavy (non-hydrogen) atoms. The Kier molecular flexibility index (Phi) is 4.99. The van der Waals surface area contributed by atoms with Crippen LogP contribution in [0.5, 0.6) is 0 Å². The highest BCUT2D eigenvalue weighted by molar-refractivity contribution is 5.27. The standard InChI is InChI=1S/C17H26F2N2/c1-17(2,3)21-11-5-4-6-14(20)15(21)12-7-9-13(10-8-12)16(18)19/h7-10,14-16H,4-6,11,20H2,1-3H3. The summed E-state index contributed by atoms with van der Waals surface area (Å²) in [5.41, 5.74) is 7.53. The lowest BCUT2D eigenvalue weighted by molar-refractivity contribution is 0.0754. The van der Waals surface area contributed by atoms with Gasteiger partial charge in [0.05, 0.1) is 6.04 Å². The minimum Gasteiger partial charge on any atom is -0.326 e. The molecular weight excluding hydrogens is 270 g/mol. The smallest absolute Gasteiger partial charge is 0.263 e. The first-order valence-electron chi connectivity index (χ1n) is 7.71. The predicted octanol–water partition coefficient (Wildman–Crippen LogP) is 4.28. The third kappa shape index (κ3) is 3.80. The molecule has 0 bridgehead atoms. The molecule has 2 rings (SSSR count). The predicted molar refractivity (Wildman–Crippen MR) is 82.4 cm³/mol. The molecular formula is C17H26F2N2. The zero-order chi connectivity index (χ0) is 15.6. The van der Waals surface area contributed by atoms with Crippen molar-refractivity contribution in [3.05, 3.63) is 35.4 Å². The van der Waals surface area contributed by atoms with E-state index in [9.17, 15) is 8.78 Å². The fraction of sp³-hybridized carbons (Fsp3) is 0.647. The average Bonchev–Trinajstić information content (AvgIpc) is 2.60. The van der Waals surface area contributed by atoms with Gasteiger partial charge < -0.3 is 5.73 Å². The van der Waals surface area contributed by atoms with Crippen LogP contribution in [0.3, 0.4) is 0 Å². The van der Waals surface area contributed by atoms with Crippen molar-refractivity contribution in [1.29, 1.82) is 0 Å². The van der Waals surface area contributed by atoms with Crippen molar-refractivity contribution >= 4 is 0 Å². The Bertz CT molecular complexity index is 451. The second kappa shape index (κ2) is 6.41. The van der Waals surface area contributed by atoms with Gasteiger partial charge in [0, 0.05) is 17.1 Å². The Labute approximate surface area is 126 Å².